The van der Waals surface area contributed by atoms with Crippen LogP contribution in [0, 0.1) is 5.92 Å². The molecule has 0 aromatic heterocycles. The van der Waals surface area contributed by atoms with Crippen molar-refractivity contribution >= 4 is 47.1 Å². The Morgan fingerprint density at radius 3 is 2.05 bits per heavy atom. The third-order valence-corrected chi connectivity index (χ3v) is 6.22. The van der Waals surface area contributed by atoms with E-state index in [1.165, 1.54) is 0 Å². The van der Waals surface area contributed by atoms with E-state index in [9.17, 15) is 14.7 Å². The van der Waals surface area contributed by atoms with E-state index >= 15 is 0 Å². The average Bonchev–Trinajstić information content (AvgIpc) is 2.91. The van der Waals surface area contributed by atoms with Crippen LogP contribution in [0.2, 0.25) is 15.1 Å². The monoisotopic (exact) mass is 575 g/mol. The van der Waals surface area contributed by atoms with Gasteiger partial charge < -0.3 is 14.6 Å². The highest BCUT2D eigenvalue weighted by atomic mass is 35.5. The van der Waals surface area contributed by atoms with Crippen LogP contribution in [0.4, 0.5) is 0 Å². The first-order chi connectivity index (χ1) is 17.8. The second-order valence-corrected chi connectivity index (χ2v) is 8.97. The molecule has 0 amide bonds. The molecule has 9 heteroatoms. The second-order valence-electron chi connectivity index (χ2n) is 7.72. The molecule has 0 aliphatic carbocycles. The largest absolute Gasteiger partial charge is 0.494 e. The molecule has 2 aromatic carbocycles. The van der Waals surface area contributed by atoms with Crippen molar-refractivity contribution in [2.75, 3.05) is 26.3 Å². The Balaban J connectivity index is 0.000000688. The van der Waals surface area contributed by atoms with Gasteiger partial charge in [0.25, 0.3) is 0 Å². The molecule has 0 spiro atoms. The van der Waals surface area contributed by atoms with Crippen LogP contribution in [-0.2, 0) is 9.59 Å². The van der Waals surface area contributed by atoms with E-state index < -0.39 is 12.0 Å². The molecule has 208 valence electrons. The average molecular weight is 577 g/mol. The molecule has 1 atom stereocenters. The zero-order valence-corrected chi connectivity index (χ0v) is 24.7. The highest BCUT2D eigenvalue weighted by molar-refractivity contribution is 6.42. The number of piperidine rings is 1. The molecule has 0 bridgehead atoms. The summed E-state index contributed by atoms with van der Waals surface area (Å²) >= 11 is 17.2. The minimum atomic E-state index is -0.760. The van der Waals surface area contributed by atoms with Crippen LogP contribution in [-0.4, -0.2) is 54.6 Å². The van der Waals surface area contributed by atoms with Crippen LogP contribution in [0.5, 0.6) is 11.5 Å². The summed E-state index contributed by atoms with van der Waals surface area (Å²) in [7, 11) is 0. The quantitative estimate of drug-likeness (QED) is 0.306. The number of benzene rings is 2. The van der Waals surface area contributed by atoms with Crippen molar-refractivity contribution in [3.05, 3.63) is 57.5 Å². The summed E-state index contributed by atoms with van der Waals surface area (Å²) in [5.41, 5.74) is 0. The molecule has 6 nitrogen and oxygen atoms in total. The van der Waals surface area contributed by atoms with E-state index in [-0.39, 0.29) is 6.61 Å². The minimum absolute atomic E-state index is 0.0258. The van der Waals surface area contributed by atoms with Crippen LogP contribution < -0.4 is 9.47 Å². The molecule has 0 saturated carbocycles. The summed E-state index contributed by atoms with van der Waals surface area (Å²) in [5.74, 6) is 1.19. The molecule has 1 N–H and O–H groups in total. The first-order valence-corrected chi connectivity index (χ1v) is 13.8. The molecule has 1 unspecified atom stereocenters. The fourth-order valence-corrected chi connectivity index (χ4v) is 3.73. The van der Waals surface area contributed by atoms with Crippen molar-refractivity contribution in [3.8, 4) is 11.5 Å². The molecule has 1 heterocycles. The van der Waals surface area contributed by atoms with Gasteiger partial charge in [-0.1, -0.05) is 69.4 Å². The Kier molecular flexibility index (Phi) is 19.9. The lowest BCUT2D eigenvalue weighted by Gasteiger charge is -2.34. The smallest absolute Gasteiger partial charge is 0.321 e. The van der Waals surface area contributed by atoms with Crippen LogP contribution in [0.3, 0.4) is 0 Å². The molecule has 1 saturated heterocycles. The van der Waals surface area contributed by atoms with Gasteiger partial charge in [0.05, 0.1) is 16.7 Å². The number of nitrogens with zero attached hydrogens (tertiary/aromatic N) is 1. The predicted octanol–water partition coefficient (Wildman–Crippen LogP) is 7.92. The zero-order chi connectivity index (χ0) is 28.2. The summed E-state index contributed by atoms with van der Waals surface area (Å²) < 4.78 is 10.6. The van der Waals surface area contributed by atoms with Crippen molar-refractivity contribution in [1.29, 1.82) is 0 Å². The van der Waals surface area contributed by atoms with E-state index in [2.05, 4.69) is 11.8 Å². The molecule has 37 heavy (non-hydrogen) atoms. The van der Waals surface area contributed by atoms with Crippen molar-refractivity contribution in [2.24, 2.45) is 5.92 Å². The number of hydrogen-bond acceptors (Lipinski definition) is 5. The van der Waals surface area contributed by atoms with E-state index in [0.717, 1.165) is 31.7 Å². The molecule has 0 radical (unpaired) electrons. The van der Waals surface area contributed by atoms with Gasteiger partial charge >= 0.3 is 5.97 Å². The summed E-state index contributed by atoms with van der Waals surface area (Å²) in [6.45, 7) is 12.4. The summed E-state index contributed by atoms with van der Waals surface area (Å²) in [6, 6.07) is 11.5. The molecule has 3 rings (SSSR count). The summed E-state index contributed by atoms with van der Waals surface area (Å²) in [4.78, 5) is 23.5. The van der Waals surface area contributed by atoms with Crippen LogP contribution in [0.1, 0.15) is 53.9 Å². The third kappa shape index (κ3) is 14.5. The standard InChI is InChI=1S/C16H22ClNO3.C8H6Cl2O2.2C2H6/c1-12-6-9-18(10-7-12)15(16(19)20)8-11-21-14-4-2-13(17)3-5-14;9-7-2-1-6(5-8(7)10)12-4-3-11;2*1-2/h2-5,12,15H,6-11H2,1H3,(H,19,20);1-3,5H,4H2;2*1-2H3. The second kappa shape index (κ2) is 21.0. The molecule has 1 aliphatic rings. The van der Waals surface area contributed by atoms with Gasteiger partial charge in [-0.25, -0.2) is 0 Å². The number of carboxylic acids is 1. The lowest BCUT2D eigenvalue weighted by atomic mass is 9.97. The van der Waals surface area contributed by atoms with Gasteiger partial charge in [0.15, 0.2) is 6.29 Å². The Morgan fingerprint density at radius 2 is 1.54 bits per heavy atom. The molecule has 1 aliphatic heterocycles. The van der Waals surface area contributed by atoms with Crippen molar-refractivity contribution < 1.29 is 24.2 Å². The Labute approximate surface area is 236 Å². The van der Waals surface area contributed by atoms with Gasteiger partial charge in [-0.05, 0) is 68.2 Å². The Morgan fingerprint density at radius 1 is 0.973 bits per heavy atom. The Bertz CT molecular complexity index is 888. The number of hydrogen-bond donors (Lipinski definition) is 1. The lowest BCUT2D eigenvalue weighted by molar-refractivity contribution is -0.144. The first kappa shape index (κ1) is 35.0. The molecule has 1 fully saturated rings. The lowest BCUT2D eigenvalue weighted by Crippen LogP contribution is -2.46. The minimum Gasteiger partial charge on any atom is -0.494 e. The highest BCUT2D eigenvalue weighted by Crippen LogP contribution is 2.26. The maximum atomic E-state index is 11.5. The third-order valence-electron chi connectivity index (χ3n) is 5.23. The Hall–Kier alpha value is -1.99. The van der Waals surface area contributed by atoms with E-state index in [0.29, 0.717) is 46.0 Å². The van der Waals surface area contributed by atoms with Crippen LogP contribution in [0.25, 0.3) is 0 Å². The summed E-state index contributed by atoms with van der Waals surface area (Å²) in [6.07, 6.45) is 3.30. The number of aliphatic carboxylic acids is 1. The number of aldehydes is 1. The fraction of sp³-hybridized carbons (Fsp3) is 0.500. The topological polar surface area (TPSA) is 76.1 Å². The summed E-state index contributed by atoms with van der Waals surface area (Å²) in [5, 5.41) is 11.0. The van der Waals surface area contributed by atoms with Crippen LogP contribution in [0.15, 0.2) is 42.5 Å². The molecular weight excluding hydrogens is 537 g/mol. The maximum absolute atomic E-state index is 11.5. The van der Waals surface area contributed by atoms with Gasteiger partial charge in [-0.15, -0.1) is 0 Å². The van der Waals surface area contributed by atoms with Gasteiger partial charge in [0, 0.05) is 17.5 Å². The SMILES string of the molecule is CC.CC.CC1CCN(C(CCOc2ccc(Cl)cc2)C(=O)O)CC1.O=CCOc1ccc(Cl)c(Cl)c1. The van der Waals surface area contributed by atoms with Gasteiger partial charge in [-0.2, -0.15) is 0 Å². The van der Waals surface area contributed by atoms with Crippen LogP contribution >= 0.6 is 34.8 Å². The maximum Gasteiger partial charge on any atom is 0.321 e. The number of likely N-dealkylation sites (tertiary alicyclic amines) is 1. The van der Waals surface area contributed by atoms with Crippen molar-refractivity contribution in [2.45, 2.75) is 59.9 Å². The van der Waals surface area contributed by atoms with E-state index in [1.807, 2.05) is 27.7 Å². The number of carbonyl (C=O) groups is 2. The number of carboxylic acid groups (broad SMARTS) is 1. The van der Waals surface area contributed by atoms with Gasteiger partial charge in [0.1, 0.15) is 24.1 Å². The van der Waals surface area contributed by atoms with Crippen molar-refractivity contribution in [3.63, 3.8) is 0 Å². The van der Waals surface area contributed by atoms with E-state index in [4.69, 9.17) is 44.3 Å². The first-order valence-electron chi connectivity index (χ1n) is 12.7. The number of ether oxygens (including phenoxy) is 2. The predicted molar refractivity (Wildman–Crippen MR) is 154 cm³/mol. The zero-order valence-electron chi connectivity index (χ0n) is 22.4. The molecular formula is C28H40Cl3NO5. The fourth-order valence-electron chi connectivity index (χ4n) is 3.32. The van der Waals surface area contributed by atoms with Crippen molar-refractivity contribution in [1.82, 2.24) is 4.90 Å². The number of rotatable bonds is 9. The number of carbonyl (C=O) groups excluding carboxylic acids is 1. The van der Waals surface area contributed by atoms with Gasteiger partial charge in [0.2, 0.25) is 0 Å². The highest BCUT2D eigenvalue weighted by Gasteiger charge is 2.28. The normalized spacial score (nSPS) is 13.8. The van der Waals surface area contributed by atoms with Gasteiger partial charge in [-0.3, -0.25) is 14.5 Å². The molecule has 2 aromatic rings. The number of halogens is 3. The van der Waals surface area contributed by atoms with E-state index in [1.54, 1.807) is 42.5 Å².